The highest BCUT2D eigenvalue weighted by molar-refractivity contribution is 6.42. The number of carbonyl (C=O) groups is 1. The third kappa shape index (κ3) is 0.904. The highest BCUT2D eigenvalue weighted by Crippen LogP contribution is 2.19. The number of hydrogen-bond acceptors (Lipinski definition) is 4. The van der Waals surface area contributed by atoms with E-state index in [9.17, 15) is 4.79 Å². The first-order valence-corrected chi connectivity index (χ1v) is 2.42. The van der Waals surface area contributed by atoms with Crippen LogP contribution in [0.5, 0.6) is 0 Å². The number of carboxylic acid groups (broad SMARTS) is 1. The highest BCUT2D eigenvalue weighted by Gasteiger charge is 2.37. The predicted octanol–water partition coefficient (Wildman–Crippen LogP) is 0.458. The van der Waals surface area contributed by atoms with Crippen LogP contribution in [0.25, 0.3) is 0 Å². The van der Waals surface area contributed by atoms with Crippen molar-refractivity contribution in [2.75, 3.05) is 0 Å². The summed E-state index contributed by atoms with van der Waals surface area (Å²) in [6.45, 7) is 0. The molecule has 0 spiro atoms. The molecule has 1 rings (SSSR count). The Morgan fingerprint density at radius 3 is 2.67 bits per heavy atom. The first kappa shape index (κ1) is 6.15. The molecule has 1 aliphatic heterocycles. The van der Waals surface area contributed by atoms with E-state index in [2.05, 4.69) is 15.4 Å². The van der Waals surface area contributed by atoms with Crippen molar-refractivity contribution in [1.29, 1.82) is 0 Å². The zero-order valence-corrected chi connectivity index (χ0v) is 4.91. The van der Waals surface area contributed by atoms with Gasteiger partial charge in [0.2, 0.25) is 0 Å². The Kier molecular flexibility index (Phi) is 1.21. The van der Waals surface area contributed by atoms with Crippen LogP contribution in [0.15, 0.2) is 15.4 Å². The summed E-state index contributed by atoms with van der Waals surface area (Å²) in [5.41, 5.74) is 0. The first-order valence-electron chi connectivity index (χ1n) is 2.04. The van der Waals surface area contributed by atoms with Crippen molar-refractivity contribution < 1.29 is 9.90 Å². The fraction of sp³-hybridized carbons (Fsp3) is 0.333. The van der Waals surface area contributed by atoms with E-state index in [1.54, 1.807) is 0 Å². The van der Waals surface area contributed by atoms with Gasteiger partial charge in [-0.15, -0.1) is 10.2 Å². The van der Waals surface area contributed by atoms with Gasteiger partial charge in [0.05, 0.1) is 6.21 Å². The van der Waals surface area contributed by atoms with Crippen molar-refractivity contribution in [3.05, 3.63) is 0 Å². The van der Waals surface area contributed by atoms with E-state index in [0.29, 0.717) is 0 Å². The first-order chi connectivity index (χ1) is 4.15. The van der Waals surface area contributed by atoms with Crippen LogP contribution >= 0.6 is 11.6 Å². The summed E-state index contributed by atoms with van der Waals surface area (Å²) in [5, 5.41) is 17.6. The minimum Gasteiger partial charge on any atom is -0.478 e. The zero-order chi connectivity index (χ0) is 6.91. The van der Waals surface area contributed by atoms with E-state index in [1.807, 2.05) is 0 Å². The molecule has 6 heteroatoms. The number of rotatable bonds is 1. The molecule has 0 aromatic rings. The van der Waals surface area contributed by atoms with E-state index in [4.69, 9.17) is 16.7 Å². The maximum atomic E-state index is 10.1. The molecule has 0 aliphatic carbocycles. The molecule has 48 valence electrons. The van der Waals surface area contributed by atoms with Gasteiger partial charge in [-0.3, -0.25) is 0 Å². The normalized spacial score (nSPS) is 31.2. The number of aliphatic carboxylic acids is 1. The van der Waals surface area contributed by atoms with Crippen LogP contribution in [0.4, 0.5) is 0 Å². The smallest absolute Gasteiger partial charge is 0.355 e. The van der Waals surface area contributed by atoms with Gasteiger partial charge in [-0.2, -0.15) is 0 Å². The average Bonchev–Trinajstić information content (AvgIpc) is 2.16. The molecular weight excluding hydrogens is 146 g/mol. The average molecular weight is 148 g/mol. The molecule has 1 N–H and O–H groups in total. The van der Waals surface area contributed by atoms with E-state index in [1.165, 1.54) is 0 Å². The largest absolute Gasteiger partial charge is 0.478 e. The van der Waals surface area contributed by atoms with E-state index < -0.39 is 11.0 Å². The van der Waals surface area contributed by atoms with Gasteiger partial charge in [-0.1, -0.05) is 11.6 Å². The van der Waals surface area contributed by atoms with Crippen molar-refractivity contribution in [3.63, 3.8) is 0 Å². The predicted molar refractivity (Wildman–Crippen MR) is 29.6 cm³/mol. The molecule has 1 heterocycles. The van der Waals surface area contributed by atoms with Crippen LogP contribution in [0.2, 0.25) is 0 Å². The highest BCUT2D eigenvalue weighted by atomic mass is 35.5. The van der Waals surface area contributed by atoms with Gasteiger partial charge >= 0.3 is 5.97 Å². The Hall–Kier alpha value is -0.970. The van der Waals surface area contributed by atoms with Crippen LogP contribution in [0, 0.1) is 0 Å². The molecule has 9 heavy (non-hydrogen) atoms. The molecule has 0 aromatic heterocycles. The number of alkyl halides is 1. The minimum atomic E-state index is -1.75. The van der Waals surface area contributed by atoms with Crippen molar-refractivity contribution in [3.8, 4) is 0 Å². The summed E-state index contributed by atoms with van der Waals surface area (Å²) in [6.07, 6.45) is 0.955. The van der Waals surface area contributed by atoms with Gasteiger partial charge in [-0.25, -0.2) is 4.79 Å². The lowest BCUT2D eigenvalue weighted by Gasteiger charge is -2.02. The molecule has 0 radical (unpaired) electrons. The minimum absolute atomic E-state index is 0.955. The van der Waals surface area contributed by atoms with Gasteiger partial charge < -0.3 is 5.11 Å². The maximum Gasteiger partial charge on any atom is 0.355 e. The Morgan fingerprint density at radius 2 is 2.44 bits per heavy atom. The molecule has 0 fully saturated rings. The third-order valence-electron chi connectivity index (χ3n) is 0.771. The zero-order valence-electron chi connectivity index (χ0n) is 4.15. The number of nitrogens with zero attached hydrogens (tertiary/aromatic N) is 3. The topological polar surface area (TPSA) is 74.4 Å². The molecular formula is C3H2ClN3O2. The van der Waals surface area contributed by atoms with Gasteiger partial charge in [0.1, 0.15) is 0 Å². The molecule has 5 nitrogen and oxygen atoms in total. The van der Waals surface area contributed by atoms with Crippen LogP contribution in [-0.4, -0.2) is 22.3 Å². The van der Waals surface area contributed by atoms with E-state index in [-0.39, 0.29) is 0 Å². The van der Waals surface area contributed by atoms with Gasteiger partial charge in [0.15, 0.2) is 0 Å². The fourth-order valence-corrected chi connectivity index (χ4v) is 0.394. The Bertz CT molecular complexity index is 187. The monoisotopic (exact) mass is 147 g/mol. The number of carboxylic acids is 1. The van der Waals surface area contributed by atoms with Gasteiger partial charge in [0, 0.05) is 0 Å². The van der Waals surface area contributed by atoms with Crippen LogP contribution < -0.4 is 0 Å². The summed E-state index contributed by atoms with van der Waals surface area (Å²) in [7, 11) is 0. The summed E-state index contributed by atoms with van der Waals surface area (Å²) in [5.74, 6) is -1.27. The molecule has 0 saturated carbocycles. The fourth-order valence-electron chi connectivity index (χ4n) is 0.317. The second-order valence-corrected chi connectivity index (χ2v) is 1.99. The quantitative estimate of drug-likeness (QED) is 0.432. The van der Waals surface area contributed by atoms with Crippen LogP contribution in [0.1, 0.15) is 0 Å². The standard InChI is InChI=1S/C3H2ClN3O2/c4-3(2(8)9)1-5-7-6-3/h1H,(H,8,9). The maximum absolute atomic E-state index is 10.1. The van der Waals surface area contributed by atoms with Crippen LogP contribution in [-0.2, 0) is 4.79 Å². The van der Waals surface area contributed by atoms with E-state index >= 15 is 0 Å². The van der Waals surface area contributed by atoms with Crippen molar-refractivity contribution in [1.82, 2.24) is 0 Å². The molecule has 1 aliphatic rings. The molecule has 0 saturated heterocycles. The lowest BCUT2D eigenvalue weighted by Crippen LogP contribution is -2.29. The van der Waals surface area contributed by atoms with Crippen molar-refractivity contribution >= 4 is 23.8 Å². The molecule has 1 unspecified atom stereocenters. The summed E-state index contributed by atoms with van der Waals surface area (Å²) < 4.78 is 0. The van der Waals surface area contributed by atoms with E-state index in [0.717, 1.165) is 6.21 Å². The SMILES string of the molecule is O=C(O)C1(Cl)C=NN=N1. The van der Waals surface area contributed by atoms with Gasteiger partial charge in [0.25, 0.3) is 5.00 Å². The molecule has 0 bridgehead atoms. The van der Waals surface area contributed by atoms with Crippen molar-refractivity contribution in [2.24, 2.45) is 15.4 Å². The Morgan fingerprint density at radius 1 is 1.78 bits per heavy atom. The van der Waals surface area contributed by atoms with Gasteiger partial charge in [-0.05, 0) is 5.22 Å². The van der Waals surface area contributed by atoms with Crippen LogP contribution in [0.3, 0.4) is 0 Å². The summed E-state index contributed by atoms with van der Waals surface area (Å²) in [6, 6.07) is 0. The number of hydrogen-bond donors (Lipinski definition) is 1. The summed E-state index contributed by atoms with van der Waals surface area (Å²) >= 11 is 5.30. The Labute approximate surface area is 55.0 Å². The molecule has 1 atom stereocenters. The lowest BCUT2D eigenvalue weighted by atomic mass is 10.3. The second kappa shape index (κ2) is 1.77. The summed E-state index contributed by atoms with van der Waals surface area (Å²) in [4.78, 5) is 8.40. The van der Waals surface area contributed by atoms with Crippen molar-refractivity contribution in [2.45, 2.75) is 5.00 Å². The Balaban J connectivity index is 2.88. The third-order valence-corrected chi connectivity index (χ3v) is 1.11. The second-order valence-electron chi connectivity index (χ2n) is 1.41. The number of halogens is 1. The lowest BCUT2D eigenvalue weighted by molar-refractivity contribution is -0.137. The molecule has 0 amide bonds. The molecule has 0 aromatic carbocycles.